The fourth-order valence-electron chi connectivity index (χ4n) is 1.59. The maximum absolute atomic E-state index is 5.84. The zero-order valence-electron chi connectivity index (χ0n) is 10.1. The van der Waals surface area contributed by atoms with Crippen molar-refractivity contribution in [3.8, 4) is 5.75 Å². The van der Waals surface area contributed by atoms with Gasteiger partial charge in [-0.25, -0.2) is 0 Å². The van der Waals surface area contributed by atoms with Gasteiger partial charge in [-0.15, -0.1) is 0 Å². The summed E-state index contributed by atoms with van der Waals surface area (Å²) in [6.07, 6.45) is 0.244. The highest BCUT2D eigenvalue weighted by Crippen LogP contribution is 2.29. The summed E-state index contributed by atoms with van der Waals surface area (Å²) in [6, 6.07) is 2.22. The quantitative estimate of drug-likeness (QED) is 0.694. The van der Waals surface area contributed by atoms with Gasteiger partial charge in [0.05, 0.1) is 6.10 Å². The van der Waals surface area contributed by atoms with Crippen molar-refractivity contribution in [3.63, 3.8) is 0 Å². The molecule has 0 radical (unpaired) electrons. The first kappa shape index (κ1) is 11.1. The Hall–Kier alpha value is -0.980. The first-order chi connectivity index (χ1) is 6.43. The van der Waals surface area contributed by atoms with Crippen LogP contribution in [0.2, 0.25) is 0 Å². The van der Waals surface area contributed by atoms with Gasteiger partial charge in [-0.2, -0.15) is 0 Å². The first-order valence-corrected chi connectivity index (χ1v) is 5.17. The van der Waals surface area contributed by atoms with Gasteiger partial charge in [-0.3, -0.25) is 0 Å². The molecule has 0 amide bonds. The van der Waals surface area contributed by atoms with Crippen molar-refractivity contribution < 1.29 is 4.74 Å². The molecule has 0 unspecified atom stereocenters. The third-order valence-corrected chi connectivity index (χ3v) is 2.65. The average Bonchev–Trinajstić information content (AvgIpc) is 2.09. The lowest BCUT2D eigenvalue weighted by atomic mass is 10.00. The van der Waals surface area contributed by atoms with Gasteiger partial charge in [-0.1, -0.05) is 6.07 Å². The Morgan fingerprint density at radius 2 is 1.36 bits per heavy atom. The molecule has 0 aliphatic heterocycles. The molecule has 0 saturated carbocycles. The minimum absolute atomic E-state index is 0.244. The maximum atomic E-state index is 5.84. The summed E-state index contributed by atoms with van der Waals surface area (Å²) in [5.74, 6) is 1.07. The van der Waals surface area contributed by atoms with Crippen molar-refractivity contribution in [1.82, 2.24) is 0 Å². The third-order valence-electron chi connectivity index (χ3n) is 2.65. The van der Waals surface area contributed by atoms with Crippen LogP contribution in [-0.4, -0.2) is 6.10 Å². The van der Waals surface area contributed by atoms with E-state index in [1.54, 1.807) is 0 Å². The molecule has 1 aromatic rings. The zero-order chi connectivity index (χ0) is 10.9. The van der Waals surface area contributed by atoms with Gasteiger partial charge in [0.1, 0.15) is 5.75 Å². The van der Waals surface area contributed by atoms with Gasteiger partial charge in [-0.05, 0) is 63.8 Å². The van der Waals surface area contributed by atoms with Crippen LogP contribution in [0, 0.1) is 27.7 Å². The summed E-state index contributed by atoms with van der Waals surface area (Å²) in [4.78, 5) is 0. The minimum Gasteiger partial charge on any atom is -0.490 e. The zero-order valence-corrected chi connectivity index (χ0v) is 10.1. The summed E-state index contributed by atoms with van der Waals surface area (Å²) >= 11 is 0. The molecule has 1 rings (SSSR count). The number of aryl methyl sites for hydroxylation is 2. The molecule has 0 aliphatic carbocycles. The maximum Gasteiger partial charge on any atom is 0.126 e. The number of ether oxygens (including phenoxy) is 1. The summed E-state index contributed by atoms with van der Waals surface area (Å²) < 4.78 is 5.84. The highest BCUT2D eigenvalue weighted by Gasteiger charge is 2.10. The van der Waals surface area contributed by atoms with Crippen LogP contribution < -0.4 is 4.74 Å². The van der Waals surface area contributed by atoms with Gasteiger partial charge in [0.25, 0.3) is 0 Å². The first-order valence-electron chi connectivity index (χ1n) is 5.17. The van der Waals surface area contributed by atoms with E-state index < -0.39 is 0 Å². The van der Waals surface area contributed by atoms with E-state index in [1.165, 1.54) is 22.3 Å². The van der Waals surface area contributed by atoms with Crippen LogP contribution in [0.4, 0.5) is 0 Å². The third kappa shape index (κ3) is 2.09. The largest absolute Gasteiger partial charge is 0.490 e. The standard InChI is InChI=1S/C13H20O/c1-8(2)14-13-11(5)9(3)7-10(4)12(13)6/h7-8H,1-6H3. The van der Waals surface area contributed by atoms with Gasteiger partial charge >= 0.3 is 0 Å². The molecule has 0 bridgehead atoms. The van der Waals surface area contributed by atoms with Gasteiger partial charge in [0.15, 0.2) is 0 Å². The molecule has 1 nitrogen and oxygen atoms in total. The lowest BCUT2D eigenvalue weighted by molar-refractivity contribution is 0.239. The number of hydrogen-bond donors (Lipinski definition) is 0. The molecule has 0 N–H and O–H groups in total. The Morgan fingerprint density at radius 1 is 0.929 bits per heavy atom. The van der Waals surface area contributed by atoms with E-state index in [2.05, 4.69) is 47.6 Å². The Balaban J connectivity index is 3.25. The minimum atomic E-state index is 0.244. The monoisotopic (exact) mass is 192 g/mol. The average molecular weight is 192 g/mol. The highest BCUT2D eigenvalue weighted by molar-refractivity contribution is 5.48. The van der Waals surface area contributed by atoms with E-state index in [0.29, 0.717) is 0 Å². The molecule has 1 heteroatoms. The second kappa shape index (κ2) is 4.04. The van der Waals surface area contributed by atoms with Crippen LogP contribution in [0.1, 0.15) is 36.1 Å². The van der Waals surface area contributed by atoms with Crippen LogP contribution in [0.5, 0.6) is 5.75 Å². The predicted octanol–water partition coefficient (Wildman–Crippen LogP) is 3.71. The molecular formula is C13H20O. The van der Waals surface area contributed by atoms with Gasteiger partial charge < -0.3 is 4.74 Å². The molecule has 14 heavy (non-hydrogen) atoms. The van der Waals surface area contributed by atoms with Crippen molar-refractivity contribution in [1.29, 1.82) is 0 Å². The molecule has 0 aliphatic rings. The van der Waals surface area contributed by atoms with Gasteiger partial charge in [0, 0.05) is 0 Å². The van der Waals surface area contributed by atoms with Crippen LogP contribution in [0.15, 0.2) is 6.07 Å². The smallest absolute Gasteiger partial charge is 0.126 e. The van der Waals surface area contributed by atoms with Crippen molar-refractivity contribution in [2.45, 2.75) is 47.6 Å². The van der Waals surface area contributed by atoms with E-state index in [1.807, 2.05) is 0 Å². The number of hydrogen-bond acceptors (Lipinski definition) is 1. The van der Waals surface area contributed by atoms with E-state index in [-0.39, 0.29) is 6.10 Å². The van der Waals surface area contributed by atoms with Crippen LogP contribution in [0.25, 0.3) is 0 Å². The predicted molar refractivity (Wildman–Crippen MR) is 61.2 cm³/mol. The molecule has 0 saturated heterocycles. The Morgan fingerprint density at radius 3 is 1.71 bits per heavy atom. The fraction of sp³-hybridized carbons (Fsp3) is 0.538. The van der Waals surface area contributed by atoms with E-state index in [4.69, 9.17) is 4.74 Å². The molecule has 1 aromatic carbocycles. The summed E-state index contributed by atoms with van der Waals surface area (Å²) in [6.45, 7) is 12.6. The molecule has 0 aromatic heterocycles. The second-order valence-corrected chi connectivity index (χ2v) is 4.26. The van der Waals surface area contributed by atoms with Crippen LogP contribution in [0.3, 0.4) is 0 Å². The molecule has 0 fully saturated rings. The number of rotatable bonds is 2. The van der Waals surface area contributed by atoms with Crippen molar-refractivity contribution in [3.05, 3.63) is 28.3 Å². The lowest BCUT2D eigenvalue weighted by Gasteiger charge is -2.18. The fourth-order valence-corrected chi connectivity index (χ4v) is 1.59. The summed E-state index contributed by atoms with van der Waals surface area (Å²) in [7, 11) is 0. The van der Waals surface area contributed by atoms with E-state index in [9.17, 15) is 0 Å². The van der Waals surface area contributed by atoms with Gasteiger partial charge in [0.2, 0.25) is 0 Å². The lowest BCUT2D eigenvalue weighted by Crippen LogP contribution is -2.09. The molecule has 78 valence electrons. The Kier molecular flexibility index (Phi) is 3.20. The molecule has 0 spiro atoms. The van der Waals surface area contributed by atoms with E-state index >= 15 is 0 Å². The topological polar surface area (TPSA) is 9.23 Å². The Bertz CT molecular complexity index is 311. The van der Waals surface area contributed by atoms with Crippen molar-refractivity contribution >= 4 is 0 Å². The summed E-state index contributed by atoms with van der Waals surface area (Å²) in [5, 5.41) is 0. The summed E-state index contributed by atoms with van der Waals surface area (Å²) in [5.41, 5.74) is 5.15. The van der Waals surface area contributed by atoms with Crippen molar-refractivity contribution in [2.75, 3.05) is 0 Å². The van der Waals surface area contributed by atoms with Crippen LogP contribution >= 0.6 is 0 Å². The highest BCUT2D eigenvalue weighted by atomic mass is 16.5. The molecule has 0 heterocycles. The molecular weight excluding hydrogens is 172 g/mol. The molecule has 0 atom stereocenters. The normalized spacial score (nSPS) is 10.8. The van der Waals surface area contributed by atoms with Crippen molar-refractivity contribution in [2.24, 2.45) is 0 Å². The Labute approximate surface area is 87.1 Å². The second-order valence-electron chi connectivity index (χ2n) is 4.26. The van der Waals surface area contributed by atoms with E-state index in [0.717, 1.165) is 5.75 Å². The SMILES string of the molecule is Cc1cc(C)c(C)c(OC(C)C)c1C. The van der Waals surface area contributed by atoms with Crippen LogP contribution in [-0.2, 0) is 0 Å². The number of benzene rings is 1.